The van der Waals surface area contributed by atoms with E-state index in [1.807, 2.05) is 24.3 Å². The second kappa shape index (κ2) is 5.90. The highest BCUT2D eigenvalue weighted by Crippen LogP contribution is 2.14. The fourth-order valence-electron chi connectivity index (χ4n) is 1.44. The van der Waals surface area contributed by atoms with Crippen molar-refractivity contribution in [3.05, 3.63) is 51.5 Å². The van der Waals surface area contributed by atoms with E-state index in [1.54, 1.807) is 12.1 Å². The van der Waals surface area contributed by atoms with Crippen molar-refractivity contribution in [2.24, 2.45) is 0 Å². The summed E-state index contributed by atoms with van der Waals surface area (Å²) in [5.41, 5.74) is 1.01. The van der Waals surface area contributed by atoms with E-state index in [0.29, 0.717) is 12.3 Å². The Hall–Kier alpha value is -1.50. The summed E-state index contributed by atoms with van der Waals surface area (Å²) < 4.78 is 11.1. The molecule has 0 saturated heterocycles. The molecule has 18 heavy (non-hydrogen) atoms. The number of carbonyl (C=O) groups is 1. The Morgan fingerprint density at radius 3 is 2.67 bits per heavy atom. The maximum Gasteiger partial charge on any atom is 0.373 e. The Labute approximate surface area is 118 Å². The lowest BCUT2D eigenvalue weighted by Gasteiger charge is -2.04. The van der Waals surface area contributed by atoms with Gasteiger partial charge in [0.05, 0.1) is 13.7 Å². The van der Waals surface area contributed by atoms with Gasteiger partial charge in [0.25, 0.3) is 0 Å². The molecule has 1 heterocycles. The van der Waals surface area contributed by atoms with E-state index in [0.717, 1.165) is 5.69 Å². The normalized spacial score (nSPS) is 10.1. The number of rotatable bonds is 4. The van der Waals surface area contributed by atoms with Crippen LogP contribution in [0.5, 0.6) is 0 Å². The minimum absolute atomic E-state index is 0.219. The Balaban J connectivity index is 1.96. The molecule has 0 saturated carbocycles. The third kappa shape index (κ3) is 3.25. The van der Waals surface area contributed by atoms with Crippen LogP contribution in [0, 0.1) is 3.57 Å². The van der Waals surface area contributed by atoms with E-state index >= 15 is 0 Å². The molecule has 94 valence electrons. The van der Waals surface area contributed by atoms with Crippen molar-refractivity contribution in [1.82, 2.24) is 0 Å². The van der Waals surface area contributed by atoms with Gasteiger partial charge in [0, 0.05) is 9.26 Å². The molecular weight excluding hydrogens is 345 g/mol. The number of furan rings is 1. The molecule has 1 aromatic carbocycles. The standard InChI is InChI=1S/C13H12INO3/c1-17-13(16)12-7-6-11(18-12)8-15-10-4-2-9(14)3-5-10/h2-7,15H,8H2,1H3. The zero-order valence-electron chi connectivity index (χ0n) is 9.77. The molecule has 0 fully saturated rings. The van der Waals surface area contributed by atoms with E-state index in [4.69, 9.17) is 4.42 Å². The van der Waals surface area contributed by atoms with Crippen LogP contribution < -0.4 is 5.32 Å². The number of esters is 1. The van der Waals surface area contributed by atoms with Crippen molar-refractivity contribution < 1.29 is 13.9 Å². The van der Waals surface area contributed by atoms with Gasteiger partial charge < -0.3 is 14.5 Å². The second-order valence-corrected chi connectivity index (χ2v) is 4.86. The Morgan fingerprint density at radius 2 is 2.00 bits per heavy atom. The van der Waals surface area contributed by atoms with Crippen LogP contribution in [-0.2, 0) is 11.3 Å². The summed E-state index contributed by atoms with van der Waals surface area (Å²) in [6, 6.07) is 11.4. The third-order valence-electron chi connectivity index (χ3n) is 2.36. The van der Waals surface area contributed by atoms with Crippen molar-refractivity contribution in [1.29, 1.82) is 0 Å². The molecule has 2 aromatic rings. The van der Waals surface area contributed by atoms with Gasteiger partial charge in [0.2, 0.25) is 5.76 Å². The van der Waals surface area contributed by atoms with E-state index in [2.05, 4.69) is 32.6 Å². The zero-order valence-corrected chi connectivity index (χ0v) is 11.9. The van der Waals surface area contributed by atoms with E-state index in [9.17, 15) is 4.79 Å². The monoisotopic (exact) mass is 357 g/mol. The highest BCUT2D eigenvalue weighted by molar-refractivity contribution is 14.1. The summed E-state index contributed by atoms with van der Waals surface area (Å²) >= 11 is 2.25. The maximum atomic E-state index is 11.2. The maximum absolute atomic E-state index is 11.2. The van der Waals surface area contributed by atoms with Crippen LogP contribution in [-0.4, -0.2) is 13.1 Å². The number of benzene rings is 1. The summed E-state index contributed by atoms with van der Waals surface area (Å²) in [5, 5.41) is 3.21. The first-order valence-corrected chi connectivity index (χ1v) is 6.43. The largest absolute Gasteiger partial charge is 0.463 e. The minimum Gasteiger partial charge on any atom is -0.463 e. The Bertz CT molecular complexity index is 533. The average Bonchev–Trinajstić information content (AvgIpc) is 2.86. The number of methoxy groups -OCH3 is 1. The summed E-state index contributed by atoms with van der Waals surface area (Å²) in [4.78, 5) is 11.2. The zero-order chi connectivity index (χ0) is 13.0. The van der Waals surface area contributed by atoms with Gasteiger partial charge in [-0.15, -0.1) is 0 Å². The van der Waals surface area contributed by atoms with Crippen LogP contribution in [0.1, 0.15) is 16.3 Å². The van der Waals surface area contributed by atoms with Gasteiger partial charge in [-0.3, -0.25) is 0 Å². The van der Waals surface area contributed by atoms with Gasteiger partial charge in [0.1, 0.15) is 5.76 Å². The molecule has 4 nitrogen and oxygen atoms in total. The van der Waals surface area contributed by atoms with Gasteiger partial charge in [-0.25, -0.2) is 4.79 Å². The molecule has 0 aliphatic carbocycles. The molecule has 2 rings (SSSR count). The predicted molar refractivity (Wildman–Crippen MR) is 76.5 cm³/mol. The van der Waals surface area contributed by atoms with Gasteiger partial charge in [0.15, 0.2) is 0 Å². The van der Waals surface area contributed by atoms with Crippen LogP contribution in [0.2, 0.25) is 0 Å². The first-order chi connectivity index (χ1) is 8.69. The van der Waals surface area contributed by atoms with Crippen LogP contribution in [0.3, 0.4) is 0 Å². The fourth-order valence-corrected chi connectivity index (χ4v) is 1.80. The lowest BCUT2D eigenvalue weighted by Crippen LogP contribution is -2.00. The van der Waals surface area contributed by atoms with Crippen LogP contribution in [0.15, 0.2) is 40.8 Å². The highest BCUT2D eigenvalue weighted by Gasteiger charge is 2.10. The number of hydrogen-bond donors (Lipinski definition) is 1. The minimum atomic E-state index is -0.462. The average molecular weight is 357 g/mol. The number of hydrogen-bond acceptors (Lipinski definition) is 4. The molecule has 0 bridgehead atoms. The highest BCUT2D eigenvalue weighted by atomic mass is 127. The van der Waals surface area contributed by atoms with E-state index in [-0.39, 0.29) is 5.76 Å². The number of carbonyl (C=O) groups excluding carboxylic acids is 1. The SMILES string of the molecule is COC(=O)c1ccc(CNc2ccc(I)cc2)o1. The summed E-state index contributed by atoms with van der Waals surface area (Å²) in [7, 11) is 1.33. The first-order valence-electron chi connectivity index (χ1n) is 5.35. The molecule has 1 N–H and O–H groups in total. The van der Waals surface area contributed by atoms with Crippen molar-refractivity contribution in [3.8, 4) is 0 Å². The fraction of sp³-hybridized carbons (Fsp3) is 0.154. The Kier molecular flexibility index (Phi) is 4.24. The van der Waals surface area contributed by atoms with E-state index in [1.165, 1.54) is 10.7 Å². The smallest absolute Gasteiger partial charge is 0.373 e. The van der Waals surface area contributed by atoms with Crippen LogP contribution >= 0.6 is 22.6 Å². The lowest BCUT2D eigenvalue weighted by atomic mass is 10.3. The lowest BCUT2D eigenvalue weighted by molar-refractivity contribution is 0.0563. The molecule has 0 atom stereocenters. The van der Waals surface area contributed by atoms with Crippen molar-refractivity contribution in [3.63, 3.8) is 0 Å². The summed E-state index contributed by atoms with van der Waals surface area (Å²) in [6.45, 7) is 0.525. The van der Waals surface area contributed by atoms with E-state index < -0.39 is 5.97 Å². The third-order valence-corrected chi connectivity index (χ3v) is 3.08. The molecule has 0 aliphatic heterocycles. The van der Waals surface area contributed by atoms with Crippen molar-refractivity contribution >= 4 is 34.2 Å². The molecule has 0 amide bonds. The quantitative estimate of drug-likeness (QED) is 0.674. The molecule has 0 unspecified atom stereocenters. The molecule has 5 heteroatoms. The van der Waals surface area contributed by atoms with Crippen molar-refractivity contribution in [2.75, 3.05) is 12.4 Å². The molecule has 0 aliphatic rings. The number of nitrogens with one attached hydrogen (secondary N) is 1. The molecule has 0 radical (unpaired) electrons. The molecular formula is C13H12INO3. The van der Waals surface area contributed by atoms with Gasteiger partial charge in [-0.1, -0.05) is 0 Å². The van der Waals surface area contributed by atoms with Gasteiger partial charge in [-0.2, -0.15) is 0 Å². The van der Waals surface area contributed by atoms with Crippen LogP contribution in [0.25, 0.3) is 0 Å². The Morgan fingerprint density at radius 1 is 1.28 bits per heavy atom. The second-order valence-electron chi connectivity index (χ2n) is 3.62. The van der Waals surface area contributed by atoms with Gasteiger partial charge in [-0.05, 0) is 59.0 Å². The molecule has 1 aromatic heterocycles. The summed E-state index contributed by atoms with van der Waals surface area (Å²) in [5.74, 6) is 0.446. The van der Waals surface area contributed by atoms with Crippen molar-refractivity contribution in [2.45, 2.75) is 6.54 Å². The van der Waals surface area contributed by atoms with Crippen LogP contribution in [0.4, 0.5) is 5.69 Å². The summed E-state index contributed by atoms with van der Waals surface area (Å²) in [6.07, 6.45) is 0. The van der Waals surface area contributed by atoms with Gasteiger partial charge >= 0.3 is 5.97 Å². The molecule has 0 spiro atoms. The predicted octanol–water partition coefficient (Wildman–Crippen LogP) is 3.28. The number of anilines is 1. The first kappa shape index (κ1) is 12.9. The topological polar surface area (TPSA) is 51.5 Å². The number of halogens is 1. The number of ether oxygens (including phenoxy) is 1.